The van der Waals surface area contributed by atoms with Gasteiger partial charge in [-0.2, -0.15) is 0 Å². The molecule has 1 aliphatic rings. The quantitative estimate of drug-likeness (QED) is 0.773. The first kappa shape index (κ1) is 14.3. The van der Waals surface area contributed by atoms with Crippen LogP contribution in [0.5, 0.6) is 5.75 Å². The smallest absolute Gasteiger partial charge is 0.256 e. The van der Waals surface area contributed by atoms with Crippen molar-refractivity contribution < 1.29 is 14.3 Å². The van der Waals surface area contributed by atoms with Crippen molar-refractivity contribution in [1.82, 2.24) is 0 Å². The zero-order valence-electron chi connectivity index (χ0n) is 12.6. The van der Waals surface area contributed by atoms with E-state index in [1.54, 1.807) is 25.1 Å². The summed E-state index contributed by atoms with van der Waals surface area (Å²) in [6.45, 7) is 5.41. The zero-order chi connectivity index (χ0) is 16.0. The van der Waals surface area contributed by atoms with Crippen molar-refractivity contribution in [2.45, 2.75) is 20.8 Å². The topological polar surface area (TPSA) is 49.3 Å². The lowest BCUT2D eigenvalue weighted by molar-refractivity contribution is -0.110. The minimum atomic E-state index is -0.325. The van der Waals surface area contributed by atoms with Crippen molar-refractivity contribution in [3.05, 3.63) is 52.8 Å². The molecule has 4 heteroatoms. The fraction of sp³-hybridized carbons (Fsp3) is 0.167. The molecule has 3 rings (SSSR count). The molecule has 0 aromatic heterocycles. The number of nitrogens with one attached hydrogen (secondary N) is 1. The van der Waals surface area contributed by atoms with E-state index in [4.69, 9.17) is 0 Å². The molecule has 0 radical (unpaired) electrons. The SMILES string of the molecule is CC(C)=C1C(=O)Nc2cc(O)c(-c3ccc(C)c(F)c3)cc21. The van der Waals surface area contributed by atoms with Gasteiger partial charge >= 0.3 is 0 Å². The molecule has 0 saturated heterocycles. The summed E-state index contributed by atoms with van der Waals surface area (Å²) < 4.78 is 13.8. The third kappa shape index (κ3) is 2.17. The minimum Gasteiger partial charge on any atom is -0.507 e. The fourth-order valence-electron chi connectivity index (χ4n) is 2.69. The number of aryl methyl sites for hydroxylation is 1. The van der Waals surface area contributed by atoms with E-state index >= 15 is 0 Å². The second-order valence-electron chi connectivity index (χ2n) is 5.71. The Labute approximate surface area is 128 Å². The van der Waals surface area contributed by atoms with Gasteiger partial charge in [0.25, 0.3) is 5.91 Å². The van der Waals surface area contributed by atoms with Crippen molar-refractivity contribution >= 4 is 17.2 Å². The van der Waals surface area contributed by atoms with E-state index in [9.17, 15) is 14.3 Å². The Morgan fingerprint density at radius 3 is 2.50 bits per heavy atom. The maximum atomic E-state index is 13.8. The van der Waals surface area contributed by atoms with Crippen molar-refractivity contribution in [2.75, 3.05) is 5.32 Å². The fourth-order valence-corrected chi connectivity index (χ4v) is 2.69. The highest BCUT2D eigenvalue weighted by Gasteiger charge is 2.27. The molecule has 1 aliphatic heterocycles. The van der Waals surface area contributed by atoms with Gasteiger partial charge in [-0.15, -0.1) is 0 Å². The van der Waals surface area contributed by atoms with Gasteiger partial charge in [0.2, 0.25) is 0 Å². The molecule has 3 nitrogen and oxygen atoms in total. The maximum absolute atomic E-state index is 13.8. The van der Waals surface area contributed by atoms with Crippen LogP contribution in [-0.4, -0.2) is 11.0 Å². The Balaban J connectivity index is 2.22. The van der Waals surface area contributed by atoms with Gasteiger partial charge < -0.3 is 10.4 Å². The van der Waals surface area contributed by atoms with E-state index in [2.05, 4.69) is 5.32 Å². The molecule has 2 N–H and O–H groups in total. The maximum Gasteiger partial charge on any atom is 0.256 e. The van der Waals surface area contributed by atoms with Crippen LogP contribution in [0.1, 0.15) is 25.0 Å². The van der Waals surface area contributed by atoms with Crippen molar-refractivity contribution in [3.63, 3.8) is 0 Å². The van der Waals surface area contributed by atoms with Gasteiger partial charge in [0.15, 0.2) is 0 Å². The average Bonchev–Trinajstić information content (AvgIpc) is 2.76. The molecule has 112 valence electrons. The Hall–Kier alpha value is -2.62. The van der Waals surface area contributed by atoms with Gasteiger partial charge in [-0.25, -0.2) is 4.39 Å². The Morgan fingerprint density at radius 1 is 1.14 bits per heavy atom. The molecule has 0 aliphatic carbocycles. The molecule has 0 saturated carbocycles. The number of halogens is 1. The number of carbonyl (C=O) groups is 1. The van der Waals surface area contributed by atoms with Crippen LogP contribution in [0.15, 0.2) is 35.9 Å². The first-order valence-electron chi connectivity index (χ1n) is 7.01. The van der Waals surface area contributed by atoms with Gasteiger partial charge in [0, 0.05) is 22.8 Å². The Morgan fingerprint density at radius 2 is 1.86 bits per heavy atom. The molecule has 1 amide bonds. The third-order valence-electron chi connectivity index (χ3n) is 3.86. The van der Waals surface area contributed by atoms with Gasteiger partial charge in [0.05, 0.1) is 5.69 Å². The number of phenolic OH excluding ortho intramolecular Hbond substituents is 1. The Bertz CT molecular complexity index is 833. The van der Waals surface area contributed by atoms with E-state index in [1.165, 1.54) is 12.1 Å². The van der Waals surface area contributed by atoms with Crippen LogP contribution < -0.4 is 5.32 Å². The molecule has 0 spiro atoms. The number of carbonyl (C=O) groups excluding carboxylic acids is 1. The lowest BCUT2D eigenvalue weighted by Gasteiger charge is -2.09. The van der Waals surface area contributed by atoms with E-state index in [-0.39, 0.29) is 17.5 Å². The average molecular weight is 297 g/mol. The third-order valence-corrected chi connectivity index (χ3v) is 3.86. The predicted octanol–water partition coefficient (Wildman–Crippen LogP) is 4.25. The molecule has 1 heterocycles. The molecule has 0 bridgehead atoms. The largest absolute Gasteiger partial charge is 0.507 e. The number of benzene rings is 2. The predicted molar refractivity (Wildman–Crippen MR) is 85.1 cm³/mol. The van der Waals surface area contributed by atoms with Crippen LogP contribution in [0.3, 0.4) is 0 Å². The van der Waals surface area contributed by atoms with Gasteiger partial charge in [0.1, 0.15) is 11.6 Å². The first-order valence-corrected chi connectivity index (χ1v) is 7.01. The van der Waals surface area contributed by atoms with Crippen LogP contribution in [0.2, 0.25) is 0 Å². The van der Waals surface area contributed by atoms with Crippen LogP contribution in [0, 0.1) is 12.7 Å². The molecule has 0 atom stereocenters. The number of hydrogen-bond donors (Lipinski definition) is 2. The first-order chi connectivity index (χ1) is 10.4. The highest BCUT2D eigenvalue weighted by molar-refractivity contribution is 6.32. The van der Waals surface area contributed by atoms with Gasteiger partial charge in [-0.05, 0) is 44.0 Å². The monoisotopic (exact) mass is 297 g/mol. The van der Waals surface area contributed by atoms with Crippen molar-refractivity contribution in [1.29, 1.82) is 0 Å². The number of anilines is 1. The second kappa shape index (κ2) is 4.98. The number of allylic oxidation sites excluding steroid dienone is 1. The molecular weight excluding hydrogens is 281 g/mol. The summed E-state index contributed by atoms with van der Waals surface area (Å²) in [7, 11) is 0. The number of phenols is 1. The second-order valence-corrected chi connectivity index (χ2v) is 5.71. The molecule has 0 fully saturated rings. The molecule has 0 unspecified atom stereocenters. The van der Waals surface area contributed by atoms with Crippen LogP contribution in [0.4, 0.5) is 10.1 Å². The van der Waals surface area contributed by atoms with E-state index < -0.39 is 0 Å². The Kier molecular flexibility index (Phi) is 3.24. The normalized spacial score (nSPS) is 13.1. The summed E-state index contributed by atoms with van der Waals surface area (Å²) in [5, 5.41) is 12.9. The van der Waals surface area contributed by atoms with E-state index in [0.29, 0.717) is 28.0 Å². The lowest BCUT2D eigenvalue weighted by atomic mass is 9.96. The number of amides is 1. The summed E-state index contributed by atoms with van der Waals surface area (Å²) >= 11 is 0. The summed E-state index contributed by atoms with van der Waals surface area (Å²) in [4.78, 5) is 12.0. The zero-order valence-corrected chi connectivity index (χ0v) is 12.6. The number of rotatable bonds is 1. The number of fused-ring (bicyclic) bond motifs is 1. The highest BCUT2D eigenvalue weighted by Crippen LogP contribution is 2.41. The van der Waals surface area contributed by atoms with E-state index in [0.717, 1.165) is 11.1 Å². The summed E-state index contributed by atoms with van der Waals surface area (Å²) in [6.07, 6.45) is 0. The van der Waals surface area contributed by atoms with Crippen molar-refractivity contribution in [3.8, 4) is 16.9 Å². The van der Waals surface area contributed by atoms with Gasteiger partial charge in [-0.1, -0.05) is 17.7 Å². The van der Waals surface area contributed by atoms with Crippen molar-refractivity contribution in [2.24, 2.45) is 0 Å². The highest BCUT2D eigenvalue weighted by atomic mass is 19.1. The number of aromatic hydroxyl groups is 1. The minimum absolute atomic E-state index is 0.0114. The molecule has 2 aromatic rings. The summed E-state index contributed by atoms with van der Waals surface area (Å²) in [6, 6.07) is 8.06. The van der Waals surface area contributed by atoms with E-state index in [1.807, 2.05) is 13.8 Å². The summed E-state index contributed by atoms with van der Waals surface area (Å²) in [5.41, 5.74) is 4.44. The van der Waals surface area contributed by atoms with Gasteiger partial charge in [-0.3, -0.25) is 4.79 Å². The van der Waals surface area contributed by atoms with Crippen LogP contribution in [-0.2, 0) is 4.79 Å². The molecular formula is C18H16FNO2. The van der Waals surface area contributed by atoms with Crippen LogP contribution in [0.25, 0.3) is 16.7 Å². The molecule has 2 aromatic carbocycles. The summed E-state index contributed by atoms with van der Waals surface area (Å²) in [5.74, 6) is -0.493. The number of hydrogen-bond acceptors (Lipinski definition) is 2. The lowest BCUT2D eigenvalue weighted by Crippen LogP contribution is -2.04. The van der Waals surface area contributed by atoms with Crippen LogP contribution >= 0.6 is 0 Å². The standard InChI is InChI=1S/C18H16FNO2/c1-9(2)17-13-7-12(11-5-4-10(3)14(19)6-11)16(21)8-15(13)20-18(17)22/h4-8,21H,1-3H3,(H,20,22). The molecule has 22 heavy (non-hydrogen) atoms.